The molecule has 6 atom stereocenters. The number of amides is 1. The second-order valence-electron chi connectivity index (χ2n) is 8.71. The zero-order chi connectivity index (χ0) is 17.5. The average molecular weight is 355 g/mol. The molecule has 1 aromatic rings. The van der Waals surface area contributed by atoms with Crippen LogP contribution in [0.4, 0.5) is 0 Å². The summed E-state index contributed by atoms with van der Waals surface area (Å²) >= 11 is 0. The van der Waals surface area contributed by atoms with Gasteiger partial charge in [-0.15, -0.1) is 0 Å². The summed E-state index contributed by atoms with van der Waals surface area (Å²) < 4.78 is 11.5. The van der Waals surface area contributed by atoms with Crippen LogP contribution in [0.2, 0.25) is 0 Å². The minimum Gasteiger partial charge on any atom is -0.491 e. The van der Waals surface area contributed by atoms with E-state index in [-0.39, 0.29) is 12.0 Å². The smallest absolute Gasteiger partial charge is 0.251 e. The molecule has 1 saturated heterocycles. The van der Waals surface area contributed by atoms with Crippen molar-refractivity contribution < 1.29 is 14.3 Å². The fourth-order valence-electron chi connectivity index (χ4n) is 6.18. The Bertz CT molecular complexity index is 669. The van der Waals surface area contributed by atoms with Crippen molar-refractivity contribution in [2.45, 2.75) is 57.1 Å². The van der Waals surface area contributed by atoms with Gasteiger partial charge >= 0.3 is 0 Å². The highest BCUT2D eigenvalue weighted by molar-refractivity contribution is 5.94. The maximum atomic E-state index is 12.8. The highest BCUT2D eigenvalue weighted by Gasteiger charge is 2.54. The van der Waals surface area contributed by atoms with Gasteiger partial charge in [-0.05, 0) is 80.4 Å². The predicted octanol–water partition coefficient (Wildman–Crippen LogP) is 3.80. The molecule has 4 aliphatic rings. The number of benzene rings is 1. The Morgan fingerprint density at radius 1 is 1.12 bits per heavy atom. The van der Waals surface area contributed by atoms with E-state index in [1.807, 2.05) is 24.3 Å². The lowest BCUT2D eigenvalue weighted by atomic mass is 9.79. The second kappa shape index (κ2) is 6.88. The second-order valence-corrected chi connectivity index (χ2v) is 8.71. The van der Waals surface area contributed by atoms with Crippen LogP contribution in [0.5, 0.6) is 5.75 Å². The van der Waals surface area contributed by atoms with Crippen molar-refractivity contribution in [2.24, 2.45) is 23.7 Å². The lowest BCUT2D eigenvalue weighted by molar-refractivity contribution is 0.0679. The Morgan fingerprint density at radius 2 is 2.04 bits per heavy atom. The molecule has 6 unspecified atom stereocenters. The molecule has 0 spiro atoms. The lowest BCUT2D eigenvalue weighted by Gasteiger charge is -2.32. The fraction of sp³-hybridized carbons (Fsp3) is 0.682. The standard InChI is InChI=1S/C22H29NO3/c24-22(23-21-12-15-11-20(21)19-8-2-7-18(15)19)14-4-1-5-16(10-14)26-13-17-6-3-9-25-17/h1,4-5,10,15,17-21H,2-3,6-9,11-13H2,(H,23,24). The Labute approximate surface area is 155 Å². The van der Waals surface area contributed by atoms with Crippen LogP contribution in [0.1, 0.15) is 55.3 Å². The number of hydrogen-bond acceptors (Lipinski definition) is 3. The van der Waals surface area contributed by atoms with Gasteiger partial charge in [-0.1, -0.05) is 12.5 Å². The molecule has 26 heavy (non-hydrogen) atoms. The first kappa shape index (κ1) is 16.6. The Morgan fingerprint density at radius 3 is 2.92 bits per heavy atom. The molecular formula is C22H29NO3. The predicted molar refractivity (Wildman–Crippen MR) is 99.2 cm³/mol. The first-order valence-corrected chi connectivity index (χ1v) is 10.4. The van der Waals surface area contributed by atoms with E-state index in [1.165, 1.54) is 32.1 Å². The summed E-state index contributed by atoms with van der Waals surface area (Å²) in [7, 11) is 0. The summed E-state index contributed by atoms with van der Waals surface area (Å²) in [6.45, 7) is 1.41. The van der Waals surface area contributed by atoms with Crippen LogP contribution in [0.25, 0.3) is 0 Å². The van der Waals surface area contributed by atoms with Crippen molar-refractivity contribution in [3.05, 3.63) is 29.8 Å². The lowest BCUT2D eigenvalue weighted by Crippen LogP contribution is -2.42. The third kappa shape index (κ3) is 3.02. The monoisotopic (exact) mass is 355 g/mol. The number of carbonyl (C=O) groups excluding carboxylic acids is 1. The first-order valence-electron chi connectivity index (χ1n) is 10.4. The molecular weight excluding hydrogens is 326 g/mol. The molecule has 1 N–H and O–H groups in total. The van der Waals surface area contributed by atoms with E-state index in [0.29, 0.717) is 18.2 Å². The number of rotatable bonds is 5. The number of fused-ring (bicyclic) bond motifs is 5. The molecule has 140 valence electrons. The van der Waals surface area contributed by atoms with Crippen LogP contribution in [0.3, 0.4) is 0 Å². The van der Waals surface area contributed by atoms with Gasteiger partial charge in [-0.3, -0.25) is 4.79 Å². The van der Waals surface area contributed by atoms with Gasteiger partial charge in [-0.25, -0.2) is 0 Å². The molecule has 5 rings (SSSR count). The molecule has 4 heteroatoms. The molecule has 4 fully saturated rings. The summed E-state index contributed by atoms with van der Waals surface area (Å²) in [5.41, 5.74) is 0.709. The van der Waals surface area contributed by atoms with Gasteiger partial charge in [0.1, 0.15) is 12.4 Å². The van der Waals surface area contributed by atoms with E-state index >= 15 is 0 Å². The van der Waals surface area contributed by atoms with Crippen LogP contribution >= 0.6 is 0 Å². The van der Waals surface area contributed by atoms with Crippen LogP contribution in [0, 0.1) is 23.7 Å². The van der Waals surface area contributed by atoms with Crippen molar-refractivity contribution in [1.29, 1.82) is 0 Å². The maximum absolute atomic E-state index is 12.8. The maximum Gasteiger partial charge on any atom is 0.251 e. The van der Waals surface area contributed by atoms with Crippen LogP contribution in [-0.4, -0.2) is 31.3 Å². The molecule has 3 aliphatic carbocycles. The molecule has 1 aromatic carbocycles. The molecule has 3 saturated carbocycles. The number of ether oxygens (including phenoxy) is 2. The minimum absolute atomic E-state index is 0.0552. The Balaban J connectivity index is 1.20. The van der Waals surface area contributed by atoms with E-state index in [4.69, 9.17) is 9.47 Å². The van der Waals surface area contributed by atoms with Gasteiger partial charge in [0.2, 0.25) is 0 Å². The molecule has 4 nitrogen and oxygen atoms in total. The van der Waals surface area contributed by atoms with Crippen molar-refractivity contribution in [1.82, 2.24) is 5.32 Å². The zero-order valence-electron chi connectivity index (χ0n) is 15.4. The molecule has 0 aromatic heterocycles. The number of carbonyl (C=O) groups is 1. The first-order chi connectivity index (χ1) is 12.8. The third-order valence-corrected chi connectivity index (χ3v) is 7.30. The van der Waals surface area contributed by atoms with E-state index in [0.717, 1.165) is 48.9 Å². The minimum atomic E-state index is 0.0552. The summed E-state index contributed by atoms with van der Waals surface area (Å²) in [6.07, 6.45) is 9.10. The van der Waals surface area contributed by atoms with Crippen LogP contribution in [-0.2, 0) is 4.74 Å². The number of nitrogens with one attached hydrogen (secondary N) is 1. The summed E-state index contributed by atoms with van der Waals surface area (Å²) in [6, 6.07) is 7.97. The molecule has 1 amide bonds. The van der Waals surface area contributed by atoms with Crippen molar-refractivity contribution in [3.63, 3.8) is 0 Å². The molecule has 1 aliphatic heterocycles. The quantitative estimate of drug-likeness (QED) is 0.874. The van der Waals surface area contributed by atoms with E-state index < -0.39 is 0 Å². The van der Waals surface area contributed by atoms with Crippen molar-refractivity contribution >= 4 is 5.91 Å². The highest BCUT2D eigenvalue weighted by Crippen LogP contribution is 2.58. The summed E-state index contributed by atoms with van der Waals surface area (Å²) in [5, 5.41) is 3.34. The van der Waals surface area contributed by atoms with E-state index in [1.54, 1.807) is 0 Å². The molecule has 2 bridgehead atoms. The molecule has 1 heterocycles. The third-order valence-electron chi connectivity index (χ3n) is 7.30. The fourth-order valence-corrected chi connectivity index (χ4v) is 6.18. The summed E-state index contributed by atoms with van der Waals surface area (Å²) in [5.74, 6) is 4.23. The van der Waals surface area contributed by atoms with Crippen LogP contribution in [0.15, 0.2) is 24.3 Å². The SMILES string of the molecule is O=C(NC1CC2CC1C1CCCC21)c1cccc(OCC2CCCO2)c1. The van der Waals surface area contributed by atoms with Gasteiger partial charge in [0.15, 0.2) is 0 Å². The average Bonchev–Trinajstić information content (AvgIpc) is 3.42. The van der Waals surface area contributed by atoms with Gasteiger partial charge < -0.3 is 14.8 Å². The van der Waals surface area contributed by atoms with Crippen LogP contribution < -0.4 is 10.1 Å². The van der Waals surface area contributed by atoms with Crippen molar-refractivity contribution in [2.75, 3.05) is 13.2 Å². The molecule has 0 radical (unpaired) electrons. The Kier molecular flexibility index (Phi) is 4.39. The van der Waals surface area contributed by atoms with Gasteiger partial charge in [0.25, 0.3) is 5.91 Å². The van der Waals surface area contributed by atoms with Gasteiger partial charge in [-0.2, -0.15) is 0 Å². The Hall–Kier alpha value is -1.55. The normalized spacial score (nSPS) is 37.7. The zero-order valence-corrected chi connectivity index (χ0v) is 15.4. The number of hydrogen-bond donors (Lipinski definition) is 1. The van der Waals surface area contributed by atoms with Crippen molar-refractivity contribution in [3.8, 4) is 5.75 Å². The van der Waals surface area contributed by atoms with Gasteiger partial charge in [0.05, 0.1) is 6.10 Å². The highest BCUT2D eigenvalue weighted by atomic mass is 16.5. The van der Waals surface area contributed by atoms with E-state index in [9.17, 15) is 4.79 Å². The largest absolute Gasteiger partial charge is 0.491 e. The topological polar surface area (TPSA) is 47.6 Å². The summed E-state index contributed by atoms with van der Waals surface area (Å²) in [4.78, 5) is 12.8. The van der Waals surface area contributed by atoms with Gasteiger partial charge in [0, 0.05) is 18.2 Å². The van der Waals surface area contributed by atoms with E-state index in [2.05, 4.69) is 5.32 Å².